The number of nitrogens with zero attached hydrogens (tertiary/aromatic N) is 1. The monoisotopic (exact) mass is 331 g/mol. The summed E-state index contributed by atoms with van der Waals surface area (Å²) in [5.74, 6) is 0.160. The zero-order chi connectivity index (χ0) is 13.3. The van der Waals surface area contributed by atoms with Crippen LogP contribution in [0.5, 0.6) is 0 Å². The molecule has 3 nitrogen and oxygen atoms in total. The minimum absolute atomic E-state index is 0.0208. The Bertz CT molecular complexity index is 464. The van der Waals surface area contributed by atoms with E-state index >= 15 is 0 Å². The molecule has 0 aromatic heterocycles. The third kappa shape index (κ3) is 2.87. The summed E-state index contributed by atoms with van der Waals surface area (Å²) in [5, 5.41) is 10.1. The summed E-state index contributed by atoms with van der Waals surface area (Å²) in [5.41, 5.74) is 0.592. The van der Waals surface area contributed by atoms with E-state index in [2.05, 4.69) is 15.9 Å². The molecule has 1 N–H and O–H groups in total. The van der Waals surface area contributed by atoms with Crippen molar-refractivity contribution in [3.8, 4) is 0 Å². The molecular weight excluding hydrogens is 318 g/mol. The summed E-state index contributed by atoms with van der Waals surface area (Å²) in [6, 6.07) is 5.20. The van der Waals surface area contributed by atoms with Crippen molar-refractivity contribution in [2.45, 2.75) is 19.4 Å². The second-order valence-electron chi connectivity index (χ2n) is 4.67. The first-order valence-electron chi connectivity index (χ1n) is 5.91. The number of hydrogen-bond acceptors (Lipinski definition) is 2. The van der Waals surface area contributed by atoms with Crippen LogP contribution < -0.4 is 0 Å². The topological polar surface area (TPSA) is 40.5 Å². The third-order valence-electron chi connectivity index (χ3n) is 3.36. The van der Waals surface area contributed by atoms with Gasteiger partial charge >= 0.3 is 0 Å². The average Bonchev–Trinajstić information content (AvgIpc) is 2.81. The lowest BCUT2D eigenvalue weighted by Crippen LogP contribution is -2.30. The predicted octanol–water partition coefficient (Wildman–Crippen LogP) is 2.95. The zero-order valence-electron chi connectivity index (χ0n) is 10.1. The van der Waals surface area contributed by atoms with E-state index in [-0.39, 0.29) is 17.9 Å². The Balaban J connectivity index is 2.10. The number of hydrogen-bond donors (Lipinski definition) is 1. The molecule has 1 saturated heterocycles. The van der Waals surface area contributed by atoms with Crippen LogP contribution in [-0.4, -0.2) is 35.1 Å². The van der Waals surface area contributed by atoms with Crippen molar-refractivity contribution in [2.75, 3.05) is 13.1 Å². The van der Waals surface area contributed by atoms with E-state index in [1.807, 2.05) is 0 Å². The highest BCUT2D eigenvalue weighted by Crippen LogP contribution is 2.26. The van der Waals surface area contributed by atoms with Gasteiger partial charge in [0.05, 0.1) is 11.1 Å². The van der Waals surface area contributed by atoms with Crippen LogP contribution in [0, 0.1) is 5.92 Å². The van der Waals surface area contributed by atoms with Crippen molar-refractivity contribution < 1.29 is 9.90 Å². The van der Waals surface area contributed by atoms with Gasteiger partial charge in [-0.25, -0.2) is 0 Å². The number of amides is 1. The van der Waals surface area contributed by atoms with Crippen LogP contribution in [0.3, 0.4) is 0 Å². The minimum atomic E-state index is -0.365. The van der Waals surface area contributed by atoms with E-state index in [0.29, 0.717) is 23.7 Å². The number of likely N-dealkylation sites (tertiary alicyclic amines) is 1. The molecule has 98 valence electrons. The van der Waals surface area contributed by atoms with Gasteiger partial charge in [0, 0.05) is 29.0 Å². The van der Waals surface area contributed by atoms with Crippen LogP contribution in [0.25, 0.3) is 0 Å². The van der Waals surface area contributed by atoms with Gasteiger partial charge in [-0.05, 0) is 47.5 Å². The lowest BCUT2D eigenvalue weighted by atomic mass is 10.0. The zero-order valence-corrected chi connectivity index (χ0v) is 12.4. The van der Waals surface area contributed by atoms with Gasteiger partial charge in [-0.1, -0.05) is 11.6 Å². The van der Waals surface area contributed by atoms with Crippen LogP contribution in [-0.2, 0) is 0 Å². The van der Waals surface area contributed by atoms with Crippen molar-refractivity contribution >= 4 is 33.4 Å². The summed E-state index contributed by atoms with van der Waals surface area (Å²) < 4.78 is 0.781. The van der Waals surface area contributed by atoms with Gasteiger partial charge in [-0.2, -0.15) is 0 Å². The molecule has 1 aliphatic rings. The number of carbonyl (C=O) groups excluding carboxylic acids is 1. The molecule has 1 aliphatic heterocycles. The van der Waals surface area contributed by atoms with Crippen LogP contribution in [0.15, 0.2) is 22.7 Å². The molecule has 2 rings (SSSR count). The SMILES string of the molecule is CC(O)C1CCN(C(=O)c2ccc(Br)c(Cl)c2)C1. The summed E-state index contributed by atoms with van der Waals surface area (Å²) in [6.07, 6.45) is 0.490. The first kappa shape index (κ1) is 13.8. The number of carbonyl (C=O) groups is 1. The van der Waals surface area contributed by atoms with Crippen molar-refractivity contribution in [3.63, 3.8) is 0 Å². The fourth-order valence-corrected chi connectivity index (χ4v) is 2.60. The van der Waals surface area contributed by atoms with Crippen molar-refractivity contribution in [1.82, 2.24) is 4.90 Å². The van der Waals surface area contributed by atoms with Gasteiger partial charge in [0.15, 0.2) is 0 Å². The van der Waals surface area contributed by atoms with Crippen LogP contribution in [0.2, 0.25) is 5.02 Å². The molecule has 0 aliphatic carbocycles. The Morgan fingerprint density at radius 3 is 2.89 bits per heavy atom. The number of aliphatic hydroxyl groups is 1. The summed E-state index contributed by atoms with van der Waals surface area (Å²) in [7, 11) is 0. The lowest BCUT2D eigenvalue weighted by molar-refractivity contribution is 0.0762. The molecule has 0 radical (unpaired) electrons. The lowest BCUT2D eigenvalue weighted by Gasteiger charge is -2.18. The Morgan fingerprint density at radius 1 is 1.61 bits per heavy atom. The van der Waals surface area contributed by atoms with E-state index in [9.17, 15) is 9.90 Å². The largest absolute Gasteiger partial charge is 0.393 e. The Hall–Kier alpha value is -0.580. The average molecular weight is 333 g/mol. The normalized spacial score (nSPS) is 21.1. The van der Waals surface area contributed by atoms with Gasteiger partial charge in [-0.3, -0.25) is 4.79 Å². The van der Waals surface area contributed by atoms with Gasteiger partial charge in [-0.15, -0.1) is 0 Å². The standard InChI is InChI=1S/C13H15BrClNO2/c1-8(17)10-4-5-16(7-10)13(18)9-2-3-11(14)12(15)6-9/h2-3,6,8,10,17H,4-5,7H2,1H3. The highest BCUT2D eigenvalue weighted by Gasteiger charge is 2.29. The molecule has 1 amide bonds. The maximum Gasteiger partial charge on any atom is 0.253 e. The van der Waals surface area contributed by atoms with Crippen LogP contribution >= 0.6 is 27.5 Å². The first-order chi connectivity index (χ1) is 8.49. The Morgan fingerprint density at radius 2 is 2.33 bits per heavy atom. The molecule has 2 unspecified atom stereocenters. The van der Waals surface area contributed by atoms with E-state index < -0.39 is 0 Å². The molecule has 0 spiro atoms. The molecule has 1 fully saturated rings. The van der Waals surface area contributed by atoms with Crippen LogP contribution in [0.4, 0.5) is 0 Å². The smallest absolute Gasteiger partial charge is 0.253 e. The molecule has 18 heavy (non-hydrogen) atoms. The van der Waals surface area contributed by atoms with Gasteiger partial charge in [0.25, 0.3) is 5.91 Å². The predicted molar refractivity (Wildman–Crippen MR) is 74.8 cm³/mol. The van der Waals surface area contributed by atoms with Crippen molar-refractivity contribution in [3.05, 3.63) is 33.3 Å². The van der Waals surface area contributed by atoms with Crippen LogP contribution in [0.1, 0.15) is 23.7 Å². The fraction of sp³-hybridized carbons (Fsp3) is 0.462. The molecular formula is C13H15BrClNO2. The molecule has 5 heteroatoms. The van der Waals surface area contributed by atoms with E-state index in [1.54, 1.807) is 30.0 Å². The van der Waals surface area contributed by atoms with Crippen molar-refractivity contribution in [1.29, 1.82) is 0 Å². The molecule has 2 atom stereocenters. The minimum Gasteiger partial charge on any atom is -0.393 e. The Labute approximate surface area is 120 Å². The van der Waals surface area contributed by atoms with Crippen molar-refractivity contribution in [2.24, 2.45) is 5.92 Å². The quantitative estimate of drug-likeness (QED) is 0.904. The fourth-order valence-electron chi connectivity index (χ4n) is 2.18. The summed E-state index contributed by atoms with van der Waals surface area (Å²) in [6.45, 7) is 3.08. The number of benzene rings is 1. The summed E-state index contributed by atoms with van der Waals surface area (Å²) in [4.78, 5) is 14.0. The summed E-state index contributed by atoms with van der Waals surface area (Å²) >= 11 is 9.29. The van der Waals surface area contributed by atoms with E-state index in [1.165, 1.54) is 0 Å². The Kier molecular flexibility index (Phi) is 4.30. The molecule has 1 heterocycles. The highest BCUT2D eigenvalue weighted by atomic mass is 79.9. The van der Waals surface area contributed by atoms with Gasteiger partial charge in [0.2, 0.25) is 0 Å². The molecule has 1 aromatic carbocycles. The second kappa shape index (κ2) is 5.59. The number of aliphatic hydroxyl groups excluding tert-OH is 1. The highest BCUT2D eigenvalue weighted by molar-refractivity contribution is 9.10. The molecule has 0 bridgehead atoms. The third-order valence-corrected chi connectivity index (χ3v) is 4.59. The number of rotatable bonds is 2. The van der Waals surface area contributed by atoms with E-state index in [4.69, 9.17) is 11.6 Å². The molecule has 1 aromatic rings. The van der Waals surface area contributed by atoms with E-state index in [0.717, 1.165) is 10.9 Å². The maximum atomic E-state index is 12.2. The van der Waals surface area contributed by atoms with Gasteiger partial charge < -0.3 is 10.0 Å². The number of halogens is 2. The maximum absolute atomic E-state index is 12.2. The first-order valence-corrected chi connectivity index (χ1v) is 7.08. The molecule has 0 saturated carbocycles. The van der Waals surface area contributed by atoms with Gasteiger partial charge in [0.1, 0.15) is 0 Å². The second-order valence-corrected chi connectivity index (χ2v) is 5.93.